The van der Waals surface area contributed by atoms with Crippen LogP contribution in [0.1, 0.15) is 88.2 Å². The number of carbonyl (C=O) groups is 2. The van der Waals surface area contributed by atoms with Crippen LogP contribution in [0.4, 0.5) is 22.2 Å². The van der Waals surface area contributed by atoms with Crippen molar-refractivity contribution in [2.75, 3.05) is 56.0 Å². The van der Waals surface area contributed by atoms with Gasteiger partial charge in [-0.25, -0.2) is 14.8 Å². The molecule has 2 aliphatic heterocycles. The first kappa shape index (κ1) is 32.9. The SMILES string of the molecule is CC(=O)c1c(C)c2cnc(Nc3ccc(N4CCN(CC5CCCN(C(=O)OC(C)(C)C)C5)CC4)cn3)nc2n(C2CCCC2)c1=O. The molecule has 252 valence electrons. The van der Waals surface area contributed by atoms with Gasteiger partial charge in [0.25, 0.3) is 5.56 Å². The number of nitrogens with zero attached hydrogens (tertiary/aromatic N) is 7. The van der Waals surface area contributed by atoms with Gasteiger partial charge in [0.2, 0.25) is 5.95 Å². The number of ketones is 1. The maximum Gasteiger partial charge on any atom is 0.410 e. The number of amides is 1. The molecular weight excluding hydrogens is 596 g/mol. The fraction of sp³-hybridized carbons (Fsp3) is 0.600. The van der Waals surface area contributed by atoms with E-state index in [4.69, 9.17) is 9.72 Å². The van der Waals surface area contributed by atoms with Crippen LogP contribution < -0.4 is 15.8 Å². The highest BCUT2D eigenvalue weighted by molar-refractivity contribution is 5.99. The largest absolute Gasteiger partial charge is 0.444 e. The molecule has 3 fully saturated rings. The van der Waals surface area contributed by atoms with E-state index in [1.807, 2.05) is 37.9 Å². The van der Waals surface area contributed by atoms with Crippen molar-refractivity contribution in [3.8, 4) is 0 Å². The normalized spacial score (nSPS) is 19.7. The van der Waals surface area contributed by atoms with E-state index in [-0.39, 0.29) is 29.0 Å². The summed E-state index contributed by atoms with van der Waals surface area (Å²) in [4.78, 5) is 59.2. The number of rotatable bonds is 7. The van der Waals surface area contributed by atoms with Crippen LogP contribution in [-0.4, -0.2) is 92.6 Å². The summed E-state index contributed by atoms with van der Waals surface area (Å²) >= 11 is 0. The summed E-state index contributed by atoms with van der Waals surface area (Å²) in [5.41, 5.74) is 1.74. The Labute approximate surface area is 276 Å². The van der Waals surface area contributed by atoms with E-state index < -0.39 is 5.60 Å². The van der Waals surface area contributed by atoms with E-state index in [0.717, 1.165) is 95.4 Å². The fourth-order valence-electron chi connectivity index (χ4n) is 7.33. The first-order valence-corrected chi connectivity index (χ1v) is 17.1. The van der Waals surface area contributed by atoms with Crippen molar-refractivity contribution in [1.29, 1.82) is 0 Å². The second-order valence-electron chi connectivity index (χ2n) is 14.3. The third-order valence-corrected chi connectivity index (χ3v) is 9.66. The second-order valence-corrected chi connectivity index (χ2v) is 14.3. The topological polar surface area (TPSA) is 126 Å². The zero-order valence-electron chi connectivity index (χ0n) is 28.4. The van der Waals surface area contributed by atoms with E-state index in [1.165, 1.54) is 6.92 Å². The number of pyridine rings is 2. The van der Waals surface area contributed by atoms with Crippen LogP contribution in [0.15, 0.2) is 29.3 Å². The highest BCUT2D eigenvalue weighted by Crippen LogP contribution is 2.32. The Balaban J connectivity index is 1.08. The Bertz CT molecular complexity index is 1670. The van der Waals surface area contributed by atoms with Crippen LogP contribution in [0.3, 0.4) is 0 Å². The van der Waals surface area contributed by atoms with Gasteiger partial charge in [-0.1, -0.05) is 12.8 Å². The minimum absolute atomic E-state index is 0.0268. The summed E-state index contributed by atoms with van der Waals surface area (Å²) in [6, 6.07) is 4.01. The molecule has 6 rings (SSSR count). The molecule has 1 aliphatic carbocycles. The molecule has 0 bridgehead atoms. The van der Waals surface area contributed by atoms with E-state index >= 15 is 0 Å². The molecule has 1 atom stereocenters. The molecule has 0 aromatic carbocycles. The van der Waals surface area contributed by atoms with Crippen LogP contribution in [0.2, 0.25) is 0 Å². The van der Waals surface area contributed by atoms with Crippen molar-refractivity contribution < 1.29 is 14.3 Å². The highest BCUT2D eigenvalue weighted by Gasteiger charge is 2.30. The Kier molecular flexibility index (Phi) is 9.50. The predicted molar refractivity (Wildman–Crippen MR) is 183 cm³/mol. The average molecular weight is 645 g/mol. The number of aryl methyl sites for hydroxylation is 1. The summed E-state index contributed by atoms with van der Waals surface area (Å²) < 4.78 is 7.33. The number of hydrogen-bond acceptors (Lipinski definition) is 10. The number of piperazine rings is 1. The summed E-state index contributed by atoms with van der Waals surface area (Å²) in [5.74, 6) is 1.20. The van der Waals surface area contributed by atoms with Crippen LogP contribution >= 0.6 is 0 Å². The van der Waals surface area contributed by atoms with E-state index in [2.05, 4.69) is 31.2 Å². The van der Waals surface area contributed by atoms with Crippen LogP contribution in [0.5, 0.6) is 0 Å². The van der Waals surface area contributed by atoms with Gasteiger partial charge in [-0.15, -0.1) is 0 Å². The van der Waals surface area contributed by atoms with Gasteiger partial charge < -0.3 is 19.9 Å². The maximum absolute atomic E-state index is 13.5. The maximum atomic E-state index is 13.5. The van der Waals surface area contributed by atoms with Gasteiger partial charge in [-0.05, 0) is 83.9 Å². The zero-order chi connectivity index (χ0) is 33.3. The summed E-state index contributed by atoms with van der Waals surface area (Å²) in [6.07, 6.45) is 9.42. The summed E-state index contributed by atoms with van der Waals surface area (Å²) in [7, 11) is 0. The molecule has 0 radical (unpaired) electrons. The van der Waals surface area contributed by atoms with E-state index in [1.54, 1.807) is 17.7 Å². The molecule has 0 spiro atoms. The van der Waals surface area contributed by atoms with Gasteiger partial charge in [-0.3, -0.25) is 19.1 Å². The first-order chi connectivity index (χ1) is 22.5. The van der Waals surface area contributed by atoms with Gasteiger partial charge in [0.1, 0.15) is 17.1 Å². The Morgan fingerprint density at radius 1 is 0.979 bits per heavy atom. The molecule has 3 aromatic heterocycles. The molecular formula is C35H48N8O4. The number of carbonyl (C=O) groups excluding carboxylic acids is 2. The number of likely N-dealkylation sites (tertiary alicyclic amines) is 1. The number of ether oxygens (including phenoxy) is 1. The van der Waals surface area contributed by atoms with Crippen molar-refractivity contribution in [3.05, 3.63) is 46.0 Å². The monoisotopic (exact) mass is 644 g/mol. The van der Waals surface area contributed by atoms with Crippen molar-refractivity contribution in [3.63, 3.8) is 0 Å². The molecule has 5 heterocycles. The van der Waals surface area contributed by atoms with Crippen molar-refractivity contribution >= 4 is 40.4 Å². The lowest BCUT2D eigenvalue weighted by Gasteiger charge is -2.40. The number of hydrogen-bond donors (Lipinski definition) is 1. The molecule has 1 unspecified atom stereocenters. The number of anilines is 3. The lowest BCUT2D eigenvalue weighted by atomic mass is 9.97. The molecule has 1 amide bonds. The molecule has 47 heavy (non-hydrogen) atoms. The second kappa shape index (κ2) is 13.6. The summed E-state index contributed by atoms with van der Waals surface area (Å²) in [5, 5.41) is 3.94. The Hall–Kier alpha value is -4.06. The minimum Gasteiger partial charge on any atom is -0.444 e. The molecule has 3 aliphatic rings. The lowest BCUT2D eigenvalue weighted by molar-refractivity contribution is 0.0143. The molecule has 1 N–H and O–H groups in total. The Morgan fingerprint density at radius 2 is 1.72 bits per heavy atom. The number of piperidine rings is 1. The van der Waals surface area contributed by atoms with Gasteiger partial charge in [0.15, 0.2) is 5.78 Å². The number of nitrogens with one attached hydrogen (secondary N) is 1. The highest BCUT2D eigenvalue weighted by atomic mass is 16.6. The average Bonchev–Trinajstić information content (AvgIpc) is 3.56. The van der Waals surface area contributed by atoms with E-state index in [0.29, 0.717) is 28.9 Å². The van der Waals surface area contributed by atoms with Crippen LogP contribution in [0.25, 0.3) is 11.0 Å². The van der Waals surface area contributed by atoms with Gasteiger partial charge >= 0.3 is 6.09 Å². The van der Waals surface area contributed by atoms with Crippen molar-refractivity contribution in [2.45, 2.75) is 84.8 Å². The number of Topliss-reactive ketones (excluding diaryl/α,β-unsaturated/α-hetero) is 1. The predicted octanol–water partition coefficient (Wildman–Crippen LogP) is 5.33. The van der Waals surface area contributed by atoms with Gasteiger partial charge in [0.05, 0.1) is 17.4 Å². The molecule has 3 aromatic rings. The quantitative estimate of drug-likeness (QED) is 0.338. The molecule has 12 nitrogen and oxygen atoms in total. The lowest BCUT2D eigenvalue weighted by Crippen LogP contribution is -2.50. The molecule has 12 heteroatoms. The molecule has 2 saturated heterocycles. The third-order valence-electron chi connectivity index (χ3n) is 9.66. The van der Waals surface area contributed by atoms with Crippen molar-refractivity contribution in [2.24, 2.45) is 5.92 Å². The first-order valence-electron chi connectivity index (χ1n) is 17.1. The van der Waals surface area contributed by atoms with Crippen molar-refractivity contribution in [1.82, 2.24) is 29.3 Å². The number of fused-ring (bicyclic) bond motifs is 1. The van der Waals surface area contributed by atoms with Gasteiger partial charge in [-0.2, -0.15) is 4.98 Å². The zero-order valence-corrected chi connectivity index (χ0v) is 28.4. The Morgan fingerprint density at radius 3 is 2.38 bits per heavy atom. The smallest absolute Gasteiger partial charge is 0.410 e. The summed E-state index contributed by atoms with van der Waals surface area (Å²) in [6.45, 7) is 15.2. The van der Waals surface area contributed by atoms with E-state index in [9.17, 15) is 14.4 Å². The standard InChI is InChI=1S/C35H48N8O4/c1-23-28-20-37-33(39-31(28)43(26-10-6-7-11-26)32(45)30(23)24(2)44)38-29-13-12-27(19-36-29)41-17-15-40(16-18-41)21-25-9-8-14-42(22-25)34(46)47-35(3,4)5/h12-13,19-20,25-26H,6-11,14-18,21-22H2,1-5H3,(H,36,37,38,39). The fourth-order valence-corrected chi connectivity index (χ4v) is 7.33. The minimum atomic E-state index is -0.476. The molecule has 1 saturated carbocycles. The number of aromatic nitrogens is 4. The third kappa shape index (κ3) is 7.42. The van der Waals surface area contributed by atoms with Crippen LogP contribution in [-0.2, 0) is 4.74 Å². The van der Waals surface area contributed by atoms with Gasteiger partial charge in [0, 0.05) is 63.4 Å². The van der Waals surface area contributed by atoms with Crippen LogP contribution in [0, 0.1) is 12.8 Å².